The van der Waals surface area contributed by atoms with Crippen LogP contribution in [0.2, 0.25) is 0 Å². The van der Waals surface area contributed by atoms with Gasteiger partial charge < -0.3 is 20.3 Å². The number of nitrogens with zero attached hydrogens (tertiary/aromatic N) is 5. The van der Waals surface area contributed by atoms with Crippen LogP contribution in [0, 0.1) is 12.7 Å². The molecule has 3 aliphatic rings. The van der Waals surface area contributed by atoms with Gasteiger partial charge in [-0.05, 0) is 61.9 Å². The summed E-state index contributed by atoms with van der Waals surface area (Å²) in [5.41, 5.74) is 3.80. The highest BCUT2D eigenvalue weighted by molar-refractivity contribution is 6.02. The summed E-state index contributed by atoms with van der Waals surface area (Å²) >= 11 is 0. The van der Waals surface area contributed by atoms with Gasteiger partial charge in [-0.3, -0.25) is 14.5 Å². The molecule has 1 amide bonds. The largest absolute Gasteiger partial charge is 0.494 e. The first-order valence-electron chi connectivity index (χ1n) is 14.8. The average Bonchev–Trinajstić information content (AvgIpc) is 3.78. The van der Waals surface area contributed by atoms with Gasteiger partial charge in [0.05, 0.1) is 36.8 Å². The van der Waals surface area contributed by atoms with Gasteiger partial charge in [0, 0.05) is 44.4 Å². The molecule has 0 spiro atoms. The van der Waals surface area contributed by atoms with Crippen LogP contribution in [-0.2, 0) is 16.1 Å². The Morgan fingerprint density at radius 2 is 1.95 bits per heavy atom. The number of hydroxylamine groups is 1. The van der Waals surface area contributed by atoms with Crippen LogP contribution in [0.3, 0.4) is 0 Å². The summed E-state index contributed by atoms with van der Waals surface area (Å²) in [6.45, 7) is 9.68. The minimum atomic E-state index is -0.288. The van der Waals surface area contributed by atoms with E-state index in [1.165, 1.54) is 31.3 Å². The zero-order valence-electron chi connectivity index (χ0n) is 24.7. The molecule has 3 fully saturated rings. The minimum absolute atomic E-state index is 0.00169. The maximum Gasteiger partial charge on any atom is 0.247 e. The van der Waals surface area contributed by atoms with E-state index in [-0.39, 0.29) is 17.8 Å². The monoisotopic (exact) mass is 587 g/mol. The van der Waals surface area contributed by atoms with Gasteiger partial charge in [0.15, 0.2) is 5.82 Å². The number of piperazine rings is 1. The second kappa shape index (κ2) is 12.6. The molecule has 1 saturated carbocycles. The second-order valence-electron chi connectivity index (χ2n) is 11.2. The second-order valence-corrected chi connectivity index (χ2v) is 11.2. The van der Waals surface area contributed by atoms with Crippen molar-refractivity contribution in [3.05, 3.63) is 72.3 Å². The Bertz CT molecular complexity index is 1490. The van der Waals surface area contributed by atoms with Gasteiger partial charge in [-0.1, -0.05) is 18.7 Å². The molecule has 43 heavy (non-hydrogen) atoms. The first-order valence-corrected chi connectivity index (χ1v) is 14.8. The van der Waals surface area contributed by atoms with Crippen LogP contribution >= 0.6 is 0 Å². The third-order valence-corrected chi connectivity index (χ3v) is 8.47. The lowest BCUT2D eigenvalue weighted by atomic mass is 9.99. The summed E-state index contributed by atoms with van der Waals surface area (Å²) in [6, 6.07) is 11.5. The molecule has 226 valence electrons. The molecule has 1 aliphatic carbocycles. The molecular weight excluding hydrogens is 549 g/mol. The molecule has 2 aliphatic heterocycles. The van der Waals surface area contributed by atoms with Gasteiger partial charge in [-0.15, -0.1) is 0 Å². The Kier molecular flexibility index (Phi) is 8.44. The van der Waals surface area contributed by atoms with E-state index < -0.39 is 0 Å². The number of hydrogen-bond donors (Lipinski definition) is 2. The summed E-state index contributed by atoms with van der Waals surface area (Å²) in [6.07, 6.45) is 6.74. The SMILES string of the molecule is C=CC(=O)Nc1cc(Nc2cc(N3OCC[C@@H]3Cc3cccc(F)c3C)ncn2)c(OC)cc1N1CCN(C2CC2)CC1. The van der Waals surface area contributed by atoms with E-state index in [0.29, 0.717) is 47.4 Å². The number of carbonyl (C=O) groups is 1. The number of methoxy groups -OCH3 is 1. The van der Waals surface area contributed by atoms with Crippen molar-refractivity contribution in [3.63, 3.8) is 0 Å². The van der Waals surface area contributed by atoms with Crippen molar-refractivity contribution in [1.82, 2.24) is 14.9 Å². The Balaban J connectivity index is 1.24. The molecule has 2 saturated heterocycles. The number of rotatable bonds is 10. The summed E-state index contributed by atoms with van der Waals surface area (Å²) in [7, 11) is 1.62. The molecule has 0 radical (unpaired) electrons. The van der Waals surface area contributed by atoms with E-state index in [1.807, 2.05) is 24.3 Å². The molecule has 0 unspecified atom stereocenters. The fourth-order valence-electron chi connectivity index (χ4n) is 5.90. The lowest BCUT2D eigenvalue weighted by Gasteiger charge is -2.37. The van der Waals surface area contributed by atoms with Crippen LogP contribution < -0.4 is 25.3 Å². The predicted octanol–water partition coefficient (Wildman–Crippen LogP) is 4.84. The molecular formula is C32H38FN7O3. The quantitative estimate of drug-likeness (QED) is 0.323. The van der Waals surface area contributed by atoms with Gasteiger partial charge in [0.2, 0.25) is 5.91 Å². The number of aromatic nitrogens is 2. The van der Waals surface area contributed by atoms with Crippen LogP contribution in [0.15, 0.2) is 55.4 Å². The summed E-state index contributed by atoms with van der Waals surface area (Å²) < 4.78 is 20.0. The Hall–Kier alpha value is -4.22. The molecule has 2 N–H and O–H groups in total. The maximum atomic E-state index is 14.2. The van der Waals surface area contributed by atoms with Crippen LogP contribution in [-0.4, -0.2) is 72.8 Å². The van der Waals surface area contributed by atoms with Crippen LogP contribution in [0.25, 0.3) is 0 Å². The van der Waals surface area contributed by atoms with E-state index in [1.54, 1.807) is 25.2 Å². The third-order valence-electron chi connectivity index (χ3n) is 8.47. The standard InChI is InChI=1S/C32H38FN7O3/c1-4-32(41)37-26-17-27(29(42-3)18-28(26)39-13-11-38(12-14-39)23-8-9-23)36-30-19-31(35-20-34-30)40-24(10-15-43-40)16-22-6-5-7-25(33)21(22)2/h4-7,17-20,23-24H,1,8-16H2,2-3H3,(H,37,41)(H,34,35,36)/t24-/m1/s1. The van der Waals surface area contributed by atoms with Gasteiger partial charge in [-0.25, -0.2) is 19.4 Å². The number of anilines is 5. The number of carbonyl (C=O) groups excluding carboxylic acids is 1. The van der Waals surface area contributed by atoms with Crippen molar-refractivity contribution < 1.29 is 18.8 Å². The van der Waals surface area contributed by atoms with Gasteiger partial charge in [0.1, 0.15) is 23.7 Å². The van der Waals surface area contributed by atoms with E-state index in [2.05, 4.69) is 37.0 Å². The van der Waals surface area contributed by atoms with Gasteiger partial charge >= 0.3 is 0 Å². The average molecular weight is 588 g/mol. The zero-order chi connectivity index (χ0) is 29.9. The number of halogens is 1. The fraction of sp³-hybridized carbons (Fsp3) is 0.406. The Labute approximate surface area is 251 Å². The Morgan fingerprint density at radius 1 is 1.14 bits per heavy atom. The van der Waals surface area contributed by atoms with Gasteiger partial charge in [0.25, 0.3) is 0 Å². The zero-order valence-corrected chi connectivity index (χ0v) is 24.7. The van der Waals surface area contributed by atoms with Crippen molar-refractivity contribution in [1.29, 1.82) is 0 Å². The molecule has 11 heteroatoms. The van der Waals surface area contributed by atoms with Crippen LogP contribution in [0.4, 0.5) is 33.1 Å². The van der Waals surface area contributed by atoms with E-state index in [9.17, 15) is 9.18 Å². The number of ether oxygens (including phenoxy) is 1. The summed E-state index contributed by atoms with van der Waals surface area (Å²) in [5.74, 6) is 1.25. The van der Waals surface area contributed by atoms with Crippen molar-refractivity contribution in [3.8, 4) is 5.75 Å². The first-order chi connectivity index (χ1) is 20.9. The van der Waals surface area contributed by atoms with Gasteiger partial charge in [-0.2, -0.15) is 0 Å². The molecule has 10 nitrogen and oxygen atoms in total. The van der Waals surface area contributed by atoms with Crippen LogP contribution in [0.5, 0.6) is 5.75 Å². The number of hydrogen-bond acceptors (Lipinski definition) is 9. The van der Waals surface area contributed by atoms with Crippen molar-refractivity contribution >= 4 is 34.6 Å². The van der Waals surface area contributed by atoms with Crippen molar-refractivity contribution in [2.45, 2.75) is 44.7 Å². The highest BCUT2D eigenvalue weighted by atomic mass is 19.1. The van der Waals surface area contributed by atoms with E-state index in [4.69, 9.17) is 9.57 Å². The Morgan fingerprint density at radius 3 is 2.70 bits per heavy atom. The topological polar surface area (TPSA) is 95.1 Å². The molecule has 3 heterocycles. The first kappa shape index (κ1) is 28.9. The fourth-order valence-corrected chi connectivity index (χ4v) is 5.90. The molecule has 2 aromatic carbocycles. The highest BCUT2D eigenvalue weighted by Gasteiger charge is 2.32. The van der Waals surface area contributed by atoms with Crippen LogP contribution in [0.1, 0.15) is 30.4 Å². The summed E-state index contributed by atoms with van der Waals surface area (Å²) in [4.78, 5) is 32.1. The molecule has 3 aromatic rings. The smallest absolute Gasteiger partial charge is 0.247 e. The predicted molar refractivity (Wildman–Crippen MR) is 166 cm³/mol. The normalized spacial score (nSPS) is 18.9. The minimum Gasteiger partial charge on any atom is -0.494 e. The highest BCUT2D eigenvalue weighted by Crippen LogP contribution is 2.40. The number of nitrogens with one attached hydrogen (secondary N) is 2. The maximum absolute atomic E-state index is 14.2. The number of benzene rings is 2. The number of amides is 1. The molecule has 6 rings (SSSR count). The molecule has 1 atom stereocenters. The molecule has 0 bridgehead atoms. The lowest BCUT2D eigenvalue weighted by molar-refractivity contribution is -0.111. The van der Waals surface area contributed by atoms with Crippen molar-refractivity contribution in [2.75, 3.05) is 60.5 Å². The third kappa shape index (κ3) is 6.42. The van der Waals surface area contributed by atoms with E-state index in [0.717, 1.165) is 49.9 Å². The molecule has 1 aromatic heterocycles. The van der Waals surface area contributed by atoms with E-state index >= 15 is 0 Å². The summed E-state index contributed by atoms with van der Waals surface area (Å²) in [5, 5.41) is 8.11. The lowest BCUT2D eigenvalue weighted by Crippen LogP contribution is -2.47. The van der Waals surface area contributed by atoms with Crippen molar-refractivity contribution in [2.24, 2.45) is 0 Å².